The second-order valence-electron chi connectivity index (χ2n) is 7.33. The Hall–Kier alpha value is -4.38. The van der Waals surface area contributed by atoms with E-state index in [-0.39, 0.29) is 5.91 Å². The van der Waals surface area contributed by atoms with E-state index in [0.29, 0.717) is 41.0 Å². The van der Waals surface area contributed by atoms with Crippen molar-refractivity contribution in [2.75, 3.05) is 24.4 Å². The van der Waals surface area contributed by atoms with Gasteiger partial charge in [0.15, 0.2) is 17.3 Å². The van der Waals surface area contributed by atoms with Gasteiger partial charge in [0.1, 0.15) is 11.9 Å². The number of nitrogens with one attached hydrogen (secondary N) is 2. The molecule has 2 aromatic heterocycles. The first-order chi connectivity index (χ1) is 16.6. The van der Waals surface area contributed by atoms with Crippen molar-refractivity contribution >= 4 is 29.3 Å². The minimum Gasteiger partial charge on any atom is -0.493 e. The summed E-state index contributed by atoms with van der Waals surface area (Å²) in [6, 6.07) is 14.4. The van der Waals surface area contributed by atoms with Crippen molar-refractivity contribution in [3.63, 3.8) is 0 Å². The minimum absolute atomic E-state index is 0.330. The minimum atomic E-state index is -0.330. The SMILES string of the molecule is CCCCCOc1c(C=CC(=O)Nc2cccnc2Nc2ccc(C#N)cn2)cccc1OC. The highest BCUT2D eigenvalue weighted by atomic mass is 16.5. The number of aromatic nitrogens is 2. The largest absolute Gasteiger partial charge is 0.493 e. The van der Waals surface area contributed by atoms with Crippen LogP contribution in [0.5, 0.6) is 11.5 Å². The molecule has 0 fully saturated rings. The Morgan fingerprint density at radius 2 is 2.03 bits per heavy atom. The lowest BCUT2D eigenvalue weighted by Gasteiger charge is -2.13. The first-order valence-corrected chi connectivity index (χ1v) is 11.0. The van der Waals surface area contributed by atoms with Crippen molar-refractivity contribution in [1.82, 2.24) is 9.97 Å². The monoisotopic (exact) mass is 457 g/mol. The highest BCUT2D eigenvalue weighted by molar-refractivity contribution is 6.03. The van der Waals surface area contributed by atoms with Crippen LogP contribution in [0.1, 0.15) is 37.3 Å². The van der Waals surface area contributed by atoms with E-state index in [0.717, 1.165) is 24.8 Å². The molecule has 3 rings (SSSR count). The van der Waals surface area contributed by atoms with Crippen molar-refractivity contribution in [3.05, 3.63) is 72.1 Å². The lowest BCUT2D eigenvalue weighted by molar-refractivity contribution is -0.111. The molecule has 0 unspecified atom stereocenters. The standard InChI is InChI=1S/C26H27N5O3/c1-3-4-5-16-34-25-20(8-6-10-22(25)33-2)12-14-24(32)30-21-9-7-15-28-26(21)31-23-13-11-19(17-27)18-29-23/h6-15,18H,3-5,16H2,1-2H3,(H,30,32)(H,28,29,31). The van der Waals surface area contributed by atoms with Gasteiger partial charge in [-0.15, -0.1) is 0 Å². The average Bonchev–Trinajstić information content (AvgIpc) is 2.87. The van der Waals surface area contributed by atoms with E-state index in [2.05, 4.69) is 27.5 Å². The Kier molecular flexibility index (Phi) is 9.00. The van der Waals surface area contributed by atoms with Crippen LogP contribution in [-0.4, -0.2) is 29.6 Å². The smallest absolute Gasteiger partial charge is 0.248 e. The Balaban J connectivity index is 1.71. The number of hydrogen-bond donors (Lipinski definition) is 2. The molecular formula is C26H27N5O3. The third kappa shape index (κ3) is 6.81. The summed E-state index contributed by atoms with van der Waals surface area (Å²) in [5.74, 6) is 1.84. The van der Waals surface area contributed by atoms with Crippen molar-refractivity contribution in [1.29, 1.82) is 5.26 Å². The third-order valence-electron chi connectivity index (χ3n) is 4.84. The molecular weight excluding hydrogens is 430 g/mol. The zero-order valence-corrected chi connectivity index (χ0v) is 19.2. The van der Waals surface area contributed by atoms with Gasteiger partial charge in [0.2, 0.25) is 5.91 Å². The van der Waals surface area contributed by atoms with Crippen LogP contribution >= 0.6 is 0 Å². The Bertz CT molecular complexity index is 1170. The maximum atomic E-state index is 12.7. The highest BCUT2D eigenvalue weighted by Crippen LogP contribution is 2.32. The normalized spacial score (nSPS) is 10.5. The first kappa shape index (κ1) is 24.3. The van der Waals surface area contributed by atoms with Gasteiger partial charge >= 0.3 is 0 Å². The van der Waals surface area contributed by atoms with Crippen molar-refractivity contribution in [2.24, 2.45) is 0 Å². The molecule has 8 heteroatoms. The lowest BCUT2D eigenvalue weighted by atomic mass is 10.1. The summed E-state index contributed by atoms with van der Waals surface area (Å²) in [4.78, 5) is 21.1. The summed E-state index contributed by atoms with van der Waals surface area (Å²) >= 11 is 0. The van der Waals surface area contributed by atoms with E-state index in [1.165, 1.54) is 12.3 Å². The number of anilines is 3. The van der Waals surface area contributed by atoms with Crippen LogP contribution in [0.25, 0.3) is 6.08 Å². The van der Waals surface area contributed by atoms with Gasteiger partial charge in [-0.1, -0.05) is 31.9 Å². The summed E-state index contributed by atoms with van der Waals surface area (Å²) in [5.41, 5.74) is 1.69. The van der Waals surface area contributed by atoms with Gasteiger partial charge in [-0.2, -0.15) is 5.26 Å². The number of unbranched alkanes of at least 4 members (excludes halogenated alkanes) is 2. The molecule has 0 aliphatic carbocycles. The fourth-order valence-electron chi connectivity index (χ4n) is 3.11. The van der Waals surface area contributed by atoms with Gasteiger partial charge in [0.05, 0.1) is 25.0 Å². The Labute approximate surface area is 199 Å². The van der Waals surface area contributed by atoms with Crippen LogP contribution in [0.2, 0.25) is 0 Å². The van der Waals surface area contributed by atoms with Gasteiger partial charge < -0.3 is 20.1 Å². The molecule has 0 saturated carbocycles. The molecule has 3 aromatic rings. The van der Waals surface area contributed by atoms with Crippen LogP contribution in [-0.2, 0) is 4.79 Å². The number of benzene rings is 1. The van der Waals surface area contributed by atoms with Gasteiger partial charge in [-0.25, -0.2) is 9.97 Å². The third-order valence-corrected chi connectivity index (χ3v) is 4.84. The quantitative estimate of drug-likeness (QED) is 0.296. The summed E-state index contributed by atoms with van der Waals surface area (Å²) < 4.78 is 11.4. The number of hydrogen-bond acceptors (Lipinski definition) is 7. The lowest BCUT2D eigenvalue weighted by Crippen LogP contribution is -2.10. The van der Waals surface area contributed by atoms with E-state index in [9.17, 15) is 4.79 Å². The van der Waals surface area contributed by atoms with Crippen LogP contribution in [0, 0.1) is 11.3 Å². The summed E-state index contributed by atoms with van der Waals surface area (Å²) in [7, 11) is 1.59. The maximum Gasteiger partial charge on any atom is 0.248 e. The molecule has 34 heavy (non-hydrogen) atoms. The summed E-state index contributed by atoms with van der Waals surface area (Å²) in [6.07, 6.45) is 9.33. The zero-order chi connectivity index (χ0) is 24.2. The molecule has 1 aromatic carbocycles. The van der Waals surface area contributed by atoms with Gasteiger partial charge in [-0.3, -0.25) is 4.79 Å². The average molecular weight is 458 g/mol. The predicted octanol–water partition coefficient (Wildman–Crippen LogP) is 5.32. The number of methoxy groups -OCH3 is 1. The highest BCUT2D eigenvalue weighted by Gasteiger charge is 2.10. The van der Waals surface area contributed by atoms with Crippen LogP contribution in [0.3, 0.4) is 0 Å². The number of carbonyl (C=O) groups excluding carboxylic acids is 1. The molecule has 2 heterocycles. The van der Waals surface area contributed by atoms with E-state index in [1.807, 2.05) is 24.3 Å². The van der Waals surface area contributed by atoms with Gasteiger partial charge in [-0.05, 0) is 42.8 Å². The molecule has 0 radical (unpaired) electrons. The summed E-state index contributed by atoms with van der Waals surface area (Å²) in [6.45, 7) is 2.72. The van der Waals surface area contributed by atoms with Crippen LogP contribution in [0.15, 0.2) is 60.9 Å². The van der Waals surface area contributed by atoms with E-state index in [4.69, 9.17) is 14.7 Å². The molecule has 1 amide bonds. The predicted molar refractivity (Wildman–Crippen MR) is 132 cm³/mol. The molecule has 0 atom stereocenters. The van der Waals surface area contributed by atoms with E-state index < -0.39 is 0 Å². The van der Waals surface area contributed by atoms with Gasteiger partial charge in [0, 0.05) is 24.0 Å². The molecule has 0 bridgehead atoms. The van der Waals surface area contributed by atoms with Crippen LogP contribution in [0.4, 0.5) is 17.3 Å². The molecule has 0 aliphatic rings. The fourth-order valence-corrected chi connectivity index (χ4v) is 3.11. The number of ether oxygens (including phenoxy) is 2. The molecule has 174 valence electrons. The van der Waals surface area contributed by atoms with Crippen molar-refractivity contribution in [3.8, 4) is 17.6 Å². The van der Waals surface area contributed by atoms with Crippen LogP contribution < -0.4 is 20.1 Å². The number of rotatable bonds is 11. The topological polar surface area (TPSA) is 109 Å². The Morgan fingerprint density at radius 3 is 2.76 bits per heavy atom. The molecule has 0 spiro atoms. The number of amides is 1. The maximum absolute atomic E-state index is 12.7. The van der Waals surface area contributed by atoms with E-state index >= 15 is 0 Å². The summed E-state index contributed by atoms with van der Waals surface area (Å²) in [5, 5.41) is 14.8. The number of pyridine rings is 2. The first-order valence-electron chi connectivity index (χ1n) is 11.0. The van der Waals surface area contributed by atoms with E-state index in [1.54, 1.807) is 43.6 Å². The number of para-hydroxylation sites is 1. The second kappa shape index (κ2) is 12.6. The van der Waals surface area contributed by atoms with Gasteiger partial charge in [0.25, 0.3) is 0 Å². The molecule has 2 N–H and O–H groups in total. The fraction of sp³-hybridized carbons (Fsp3) is 0.231. The number of carbonyl (C=O) groups is 1. The second-order valence-corrected chi connectivity index (χ2v) is 7.33. The van der Waals surface area contributed by atoms with Crippen molar-refractivity contribution in [2.45, 2.75) is 26.2 Å². The number of nitrogens with zero attached hydrogens (tertiary/aromatic N) is 3. The molecule has 8 nitrogen and oxygen atoms in total. The van der Waals surface area contributed by atoms with Crippen molar-refractivity contribution < 1.29 is 14.3 Å². The number of nitriles is 1. The zero-order valence-electron chi connectivity index (χ0n) is 19.2. The Morgan fingerprint density at radius 1 is 1.15 bits per heavy atom. The molecule has 0 saturated heterocycles. The molecule has 0 aliphatic heterocycles.